The molecule has 0 saturated carbocycles. The summed E-state index contributed by atoms with van der Waals surface area (Å²) >= 11 is 0. The first-order chi connectivity index (χ1) is 19.6. The number of nitrogens with zero attached hydrogens (tertiary/aromatic N) is 1. The number of rotatable bonds is 12. The Balaban J connectivity index is 1.42. The standard InChI is InChI=1S/C32H33N3O5/c1-3-38-30-20-24(17-18-29(30)40-22-26-15-10-14-25-13-8-9-16-27(25)26)21-33-35-31(36)28(34-32(37)39-4-2)19-23-11-6-5-7-12-23/h5-18,20-21,28H,3-4,19,22H2,1-2H3,(H,34,37)(H,35,36)/b33-21-/t28-/m1/s1. The smallest absolute Gasteiger partial charge is 0.407 e. The Morgan fingerprint density at radius 1 is 0.850 bits per heavy atom. The van der Waals surface area contributed by atoms with Crippen LogP contribution < -0.4 is 20.2 Å². The van der Waals surface area contributed by atoms with Gasteiger partial charge in [0.15, 0.2) is 11.5 Å². The number of hydrogen-bond acceptors (Lipinski definition) is 6. The summed E-state index contributed by atoms with van der Waals surface area (Å²) in [6.45, 7) is 4.66. The fraction of sp³-hybridized carbons (Fsp3) is 0.219. The van der Waals surface area contributed by atoms with E-state index < -0.39 is 18.0 Å². The number of carbonyl (C=O) groups is 2. The number of amides is 2. The molecule has 0 saturated heterocycles. The average molecular weight is 540 g/mol. The fourth-order valence-corrected chi connectivity index (χ4v) is 4.19. The van der Waals surface area contributed by atoms with Gasteiger partial charge in [-0.25, -0.2) is 10.2 Å². The van der Waals surface area contributed by atoms with E-state index in [0.717, 1.165) is 21.9 Å². The number of hydrazone groups is 1. The fourth-order valence-electron chi connectivity index (χ4n) is 4.19. The SMILES string of the molecule is CCOC(=O)N[C@H](Cc1ccccc1)C(=O)N/N=C\c1ccc(OCc2cccc3ccccc23)c(OCC)c1. The zero-order chi connectivity index (χ0) is 28.2. The molecule has 0 aliphatic heterocycles. The number of fused-ring (bicyclic) bond motifs is 1. The van der Waals surface area contributed by atoms with Crippen LogP contribution in [0.3, 0.4) is 0 Å². The minimum atomic E-state index is -0.859. The van der Waals surface area contributed by atoms with Crippen molar-refractivity contribution in [3.8, 4) is 11.5 Å². The zero-order valence-corrected chi connectivity index (χ0v) is 22.6. The topological polar surface area (TPSA) is 98.2 Å². The van der Waals surface area contributed by atoms with Crippen LogP contribution in [0.25, 0.3) is 10.8 Å². The Morgan fingerprint density at radius 3 is 2.42 bits per heavy atom. The van der Waals surface area contributed by atoms with Crippen LogP contribution in [0.4, 0.5) is 4.79 Å². The van der Waals surface area contributed by atoms with Gasteiger partial charge in [0, 0.05) is 6.42 Å². The first-order valence-corrected chi connectivity index (χ1v) is 13.2. The predicted octanol–water partition coefficient (Wildman–Crippen LogP) is 5.63. The molecule has 0 aliphatic rings. The Morgan fingerprint density at radius 2 is 1.62 bits per heavy atom. The van der Waals surface area contributed by atoms with E-state index in [1.165, 1.54) is 6.21 Å². The van der Waals surface area contributed by atoms with E-state index in [1.54, 1.807) is 13.0 Å². The molecular weight excluding hydrogens is 506 g/mol. The van der Waals surface area contributed by atoms with Gasteiger partial charge in [-0.3, -0.25) is 4.79 Å². The molecule has 4 aromatic rings. The van der Waals surface area contributed by atoms with Crippen LogP contribution in [-0.2, 0) is 22.6 Å². The maximum atomic E-state index is 12.9. The normalized spacial score (nSPS) is 11.7. The lowest BCUT2D eigenvalue weighted by molar-refractivity contribution is -0.123. The highest BCUT2D eigenvalue weighted by atomic mass is 16.5. The summed E-state index contributed by atoms with van der Waals surface area (Å²) in [5.41, 5.74) is 5.20. The van der Waals surface area contributed by atoms with Gasteiger partial charge in [-0.15, -0.1) is 0 Å². The van der Waals surface area contributed by atoms with Gasteiger partial charge in [-0.1, -0.05) is 72.8 Å². The maximum Gasteiger partial charge on any atom is 0.407 e. The third kappa shape index (κ3) is 7.83. The van der Waals surface area contributed by atoms with Crippen molar-refractivity contribution in [1.82, 2.24) is 10.7 Å². The quantitative estimate of drug-likeness (QED) is 0.180. The van der Waals surface area contributed by atoms with Crippen LogP contribution in [0.15, 0.2) is 96.1 Å². The first-order valence-electron chi connectivity index (χ1n) is 13.2. The van der Waals surface area contributed by atoms with Gasteiger partial charge in [0.25, 0.3) is 5.91 Å². The zero-order valence-electron chi connectivity index (χ0n) is 22.6. The molecule has 0 bridgehead atoms. The molecule has 0 radical (unpaired) electrons. The third-order valence-electron chi connectivity index (χ3n) is 6.09. The van der Waals surface area contributed by atoms with Crippen LogP contribution in [0.5, 0.6) is 11.5 Å². The lowest BCUT2D eigenvalue weighted by Crippen LogP contribution is -2.47. The molecule has 40 heavy (non-hydrogen) atoms. The summed E-state index contributed by atoms with van der Waals surface area (Å²) in [5.74, 6) is 0.717. The molecule has 2 N–H and O–H groups in total. The van der Waals surface area contributed by atoms with E-state index in [0.29, 0.717) is 30.3 Å². The molecule has 2 amide bonds. The van der Waals surface area contributed by atoms with Gasteiger partial charge in [-0.05, 0) is 59.5 Å². The lowest BCUT2D eigenvalue weighted by atomic mass is 10.1. The van der Waals surface area contributed by atoms with Gasteiger partial charge >= 0.3 is 6.09 Å². The minimum absolute atomic E-state index is 0.202. The van der Waals surface area contributed by atoms with Crippen molar-refractivity contribution < 1.29 is 23.8 Å². The van der Waals surface area contributed by atoms with E-state index in [9.17, 15) is 9.59 Å². The van der Waals surface area contributed by atoms with Gasteiger partial charge in [-0.2, -0.15) is 5.10 Å². The monoisotopic (exact) mass is 539 g/mol. The largest absolute Gasteiger partial charge is 0.490 e. The highest BCUT2D eigenvalue weighted by Crippen LogP contribution is 2.30. The summed E-state index contributed by atoms with van der Waals surface area (Å²) in [7, 11) is 0. The molecule has 4 aromatic carbocycles. The number of benzene rings is 4. The predicted molar refractivity (Wildman–Crippen MR) is 156 cm³/mol. The summed E-state index contributed by atoms with van der Waals surface area (Å²) in [5, 5.41) is 9.01. The average Bonchev–Trinajstić information content (AvgIpc) is 2.97. The molecule has 0 aliphatic carbocycles. The van der Waals surface area contributed by atoms with Crippen LogP contribution in [0.2, 0.25) is 0 Å². The van der Waals surface area contributed by atoms with Crippen molar-refractivity contribution in [3.05, 3.63) is 108 Å². The number of hydrogen-bond donors (Lipinski definition) is 2. The molecule has 0 unspecified atom stereocenters. The van der Waals surface area contributed by atoms with Crippen LogP contribution >= 0.6 is 0 Å². The van der Waals surface area contributed by atoms with Crippen molar-refractivity contribution in [2.75, 3.05) is 13.2 Å². The number of alkyl carbamates (subject to hydrolysis) is 1. The van der Waals surface area contributed by atoms with Crippen molar-refractivity contribution >= 4 is 29.0 Å². The molecule has 206 valence electrons. The lowest BCUT2D eigenvalue weighted by Gasteiger charge is -2.17. The summed E-state index contributed by atoms with van der Waals surface area (Å²) in [4.78, 5) is 24.9. The Kier molecular flexibility index (Phi) is 10.1. The second-order valence-corrected chi connectivity index (χ2v) is 8.91. The molecule has 4 rings (SSSR count). The van der Waals surface area contributed by atoms with Gasteiger partial charge in [0.1, 0.15) is 12.6 Å². The second kappa shape index (κ2) is 14.3. The maximum absolute atomic E-state index is 12.9. The number of carbonyl (C=O) groups excluding carboxylic acids is 2. The molecule has 8 nitrogen and oxygen atoms in total. The van der Waals surface area contributed by atoms with Gasteiger partial charge < -0.3 is 19.5 Å². The molecule has 0 fully saturated rings. The Hall–Kier alpha value is -4.85. The Labute approximate surface area is 234 Å². The van der Waals surface area contributed by atoms with Crippen molar-refractivity contribution in [2.45, 2.75) is 32.9 Å². The van der Waals surface area contributed by atoms with Crippen LogP contribution in [0.1, 0.15) is 30.5 Å². The second-order valence-electron chi connectivity index (χ2n) is 8.91. The van der Waals surface area contributed by atoms with Crippen LogP contribution in [0, 0.1) is 0 Å². The molecule has 8 heteroatoms. The highest BCUT2D eigenvalue weighted by Gasteiger charge is 2.21. The van der Waals surface area contributed by atoms with Crippen LogP contribution in [-0.4, -0.2) is 37.5 Å². The van der Waals surface area contributed by atoms with E-state index >= 15 is 0 Å². The highest BCUT2D eigenvalue weighted by molar-refractivity contribution is 5.88. The van der Waals surface area contributed by atoms with Crippen molar-refractivity contribution in [3.63, 3.8) is 0 Å². The van der Waals surface area contributed by atoms with Gasteiger partial charge in [0.05, 0.1) is 19.4 Å². The van der Waals surface area contributed by atoms with E-state index in [1.807, 2.05) is 73.7 Å². The molecule has 0 spiro atoms. The molecular formula is C32H33N3O5. The van der Waals surface area contributed by atoms with Gasteiger partial charge in [0.2, 0.25) is 0 Å². The molecule has 1 atom stereocenters. The number of nitrogens with one attached hydrogen (secondary N) is 2. The first kappa shape index (κ1) is 28.2. The number of ether oxygens (including phenoxy) is 3. The summed E-state index contributed by atoms with van der Waals surface area (Å²) in [6, 6.07) is 28.3. The third-order valence-corrected chi connectivity index (χ3v) is 6.09. The molecule has 0 aromatic heterocycles. The molecule has 0 heterocycles. The minimum Gasteiger partial charge on any atom is -0.490 e. The van der Waals surface area contributed by atoms with Crippen molar-refractivity contribution in [1.29, 1.82) is 0 Å². The summed E-state index contributed by atoms with van der Waals surface area (Å²) < 4.78 is 16.9. The summed E-state index contributed by atoms with van der Waals surface area (Å²) in [6.07, 6.45) is 1.14. The Bertz CT molecular complexity index is 1450. The van der Waals surface area contributed by atoms with Crippen molar-refractivity contribution in [2.24, 2.45) is 5.10 Å². The van der Waals surface area contributed by atoms with E-state index in [-0.39, 0.29) is 13.0 Å². The van der Waals surface area contributed by atoms with E-state index in [4.69, 9.17) is 14.2 Å². The van der Waals surface area contributed by atoms with E-state index in [2.05, 4.69) is 34.0 Å².